The van der Waals surface area contributed by atoms with E-state index in [9.17, 15) is 4.79 Å². The Bertz CT molecular complexity index is 102. The molecule has 0 saturated heterocycles. The van der Waals surface area contributed by atoms with Crippen LogP contribution in [0.3, 0.4) is 0 Å². The number of carboxylic acids is 1. The molecule has 1 atom stereocenters. The molecule has 0 rings (SSSR count). The summed E-state index contributed by atoms with van der Waals surface area (Å²) >= 11 is 1.60. The van der Waals surface area contributed by atoms with E-state index in [-0.39, 0.29) is 45.5 Å². The molecular formula is C5H13NO2SSr. The molecule has 0 aromatic rings. The summed E-state index contributed by atoms with van der Waals surface area (Å²) in [6.45, 7) is 0. The summed E-state index contributed by atoms with van der Waals surface area (Å²) in [7, 11) is 0. The van der Waals surface area contributed by atoms with Crippen LogP contribution in [-0.4, -0.2) is 74.6 Å². The van der Waals surface area contributed by atoms with Gasteiger partial charge in [-0.2, -0.15) is 11.8 Å². The van der Waals surface area contributed by atoms with Gasteiger partial charge in [0.15, 0.2) is 0 Å². The second kappa shape index (κ2) is 8.36. The van der Waals surface area contributed by atoms with Gasteiger partial charge in [0.1, 0.15) is 6.04 Å². The van der Waals surface area contributed by atoms with Gasteiger partial charge in [-0.1, -0.05) is 0 Å². The molecule has 0 heterocycles. The molecule has 0 amide bonds. The van der Waals surface area contributed by atoms with Crippen molar-refractivity contribution in [2.75, 3.05) is 12.0 Å². The Hall–Kier alpha value is 1.26. The van der Waals surface area contributed by atoms with Crippen LogP contribution in [0.5, 0.6) is 0 Å². The van der Waals surface area contributed by atoms with Crippen LogP contribution >= 0.6 is 11.8 Å². The van der Waals surface area contributed by atoms with Gasteiger partial charge in [0.25, 0.3) is 0 Å². The van der Waals surface area contributed by atoms with Crippen LogP contribution in [0.25, 0.3) is 0 Å². The molecular weight excluding hydrogens is 226 g/mol. The summed E-state index contributed by atoms with van der Waals surface area (Å²) < 4.78 is 0. The topological polar surface area (TPSA) is 63.3 Å². The third-order valence-corrected chi connectivity index (χ3v) is 1.59. The summed E-state index contributed by atoms with van der Waals surface area (Å²) in [6, 6.07) is -0.683. The summed E-state index contributed by atoms with van der Waals surface area (Å²) in [6.07, 6.45) is 2.48. The van der Waals surface area contributed by atoms with Crippen molar-refractivity contribution in [1.29, 1.82) is 0 Å². The van der Waals surface area contributed by atoms with Crippen molar-refractivity contribution < 1.29 is 9.90 Å². The average Bonchev–Trinajstić information content (AvgIpc) is 1.82. The molecule has 3 N–H and O–H groups in total. The molecule has 0 unspecified atom stereocenters. The van der Waals surface area contributed by atoms with Gasteiger partial charge in [-0.25, -0.2) is 0 Å². The van der Waals surface area contributed by atoms with Crippen molar-refractivity contribution in [2.45, 2.75) is 12.5 Å². The zero-order chi connectivity index (χ0) is 7.28. The third-order valence-electron chi connectivity index (χ3n) is 0.950. The number of thioether (sulfide) groups is 1. The van der Waals surface area contributed by atoms with Gasteiger partial charge in [-0.3, -0.25) is 4.79 Å². The minimum absolute atomic E-state index is 0. The maximum atomic E-state index is 10.1. The van der Waals surface area contributed by atoms with E-state index < -0.39 is 12.0 Å². The van der Waals surface area contributed by atoms with Crippen molar-refractivity contribution >= 4 is 63.2 Å². The van der Waals surface area contributed by atoms with Crippen LogP contribution in [-0.2, 0) is 4.79 Å². The monoisotopic (exact) mass is 239 g/mol. The summed E-state index contributed by atoms with van der Waals surface area (Å²) in [5.41, 5.74) is 5.19. The molecule has 0 aliphatic heterocycles. The van der Waals surface area contributed by atoms with E-state index in [1.165, 1.54) is 0 Å². The normalized spacial score (nSPS) is 11.8. The molecule has 0 fully saturated rings. The first kappa shape index (κ1) is 13.8. The van der Waals surface area contributed by atoms with E-state index in [0.717, 1.165) is 5.75 Å². The fourth-order valence-corrected chi connectivity index (χ4v) is 0.858. The molecule has 0 aliphatic carbocycles. The molecule has 0 aromatic carbocycles. The van der Waals surface area contributed by atoms with Gasteiger partial charge in [-0.05, 0) is 18.4 Å². The van der Waals surface area contributed by atoms with Crippen LogP contribution in [0.2, 0.25) is 0 Å². The van der Waals surface area contributed by atoms with Gasteiger partial charge in [0, 0.05) is 0 Å². The second-order valence-electron chi connectivity index (χ2n) is 1.73. The fraction of sp³-hybridized carbons (Fsp3) is 0.800. The van der Waals surface area contributed by atoms with Crippen molar-refractivity contribution in [3.8, 4) is 0 Å². The third kappa shape index (κ3) is 7.37. The average molecular weight is 239 g/mol. The molecule has 0 bridgehead atoms. The molecule has 0 aliphatic rings. The molecule has 0 radical (unpaired) electrons. The first-order chi connectivity index (χ1) is 4.18. The number of aliphatic carboxylic acids is 1. The number of carbonyl (C=O) groups is 1. The number of carboxylic acid groups (broad SMARTS) is 1. The van der Waals surface area contributed by atoms with Crippen LogP contribution in [0.4, 0.5) is 0 Å². The number of hydrogen-bond acceptors (Lipinski definition) is 3. The Labute approximate surface area is 102 Å². The zero-order valence-electron chi connectivity index (χ0n) is 5.33. The predicted molar refractivity (Wildman–Crippen MR) is 47.2 cm³/mol. The van der Waals surface area contributed by atoms with Gasteiger partial charge in [-0.15, -0.1) is 0 Å². The Balaban J connectivity index is 0. The van der Waals surface area contributed by atoms with Crippen molar-refractivity contribution in [3.63, 3.8) is 0 Å². The van der Waals surface area contributed by atoms with E-state index in [0.29, 0.717) is 6.42 Å². The number of rotatable bonds is 4. The number of nitrogens with two attached hydrogens (primary N) is 1. The van der Waals surface area contributed by atoms with E-state index >= 15 is 0 Å². The van der Waals surface area contributed by atoms with E-state index in [4.69, 9.17) is 10.8 Å². The van der Waals surface area contributed by atoms with Crippen LogP contribution in [0, 0.1) is 0 Å². The van der Waals surface area contributed by atoms with Crippen molar-refractivity contribution in [3.05, 3.63) is 0 Å². The first-order valence-electron chi connectivity index (χ1n) is 2.65. The molecule has 0 spiro atoms. The van der Waals surface area contributed by atoms with Crippen molar-refractivity contribution in [1.82, 2.24) is 0 Å². The summed E-state index contributed by atoms with van der Waals surface area (Å²) in [5.74, 6) is -0.1000. The minimum atomic E-state index is -0.913. The van der Waals surface area contributed by atoms with Gasteiger partial charge < -0.3 is 10.8 Å². The second-order valence-corrected chi connectivity index (χ2v) is 2.71. The molecule has 10 heavy (non-hydrogen) atoms. The number of hydrogen-bond donors (Lipinski definition) is 2. The van der Waals surface area contributed by atoms with Crippen LogP contribution in [0.15, 0.2) is 0 Å². The summed E-state index contributed by atoms with van der Waals surface area (Å²) in [5, 5.41) is 8.27. The van der Waals surface area contributed by atoms with Gasteiger partial charge in [0.2, 0.25) is 0 Å². The SMILES string of the molecule is CSCC[C@H](N)C(=O)O.[SrH2]. The van der Waals surface area contributed by atoms with Crippen molar-refractivity contribution in [2.24, 2.45) is 5.73 Å². The fourth-order valence-electron chi connectivity index (χ4n) is 0.368. The quantitative estimate of drug-likeness (QED) is 0.632. The Morgan fingerprint density at radius 1 is 1.80 bits per heavy atom. The van der Waals surface area contributed by atoms with Crippen LogP contribution in [0.1, 0.15) is 6.42 Å². The summed E-state index contributed by atoms with van der Waals surface area (Å²) in [4.78, 5) is 10.1. The first-order valence-corrected chi connectivity index (χ1v) is 4.05. The Morgan fingerprint density at radius 3 is 2.60 bits per heavy atom. The maximum absolute atomic E-state index is 10.1. The Kier molecular flexibility index (Phi) is 11.6. The standard InChI is InChI=1S/C5H11NO2S.Sr.2H/c1-9-3-2-4(6)5(7)8;;;/h4H,2-3,6H2,1H3,(H,7,8);;;/t4-;;;/m0.../s1. The van der Waals surface area contributed by atoms with Crippen LogP contribution < -0.4 is 5.73 Å². The van der Waals surface area contributed by atoms with Gasteiger partial charge >= 0.3 is 51.5 Å². The Morgan fingerprint density at radius 2 is 2.30 bits per heavy atom. The molecule has 58 valence electrons. The van der Waals surface area contributed by atoms with E-state index in [1.54, 1.807) is 11.8 Å². The zero-order valence-corrected chi connectivity index (χ0v) is 6.15. The predicted octanol–water partition coefficient (Wildman–Crippen LogP) is -0.765. The van der Waals surface area contributed by atoms with E-state index in [1.807, 2.05) is 6.26 Å². The molecule has 3 nitrogen and oxygen atoms in total. The molecule has 0 aromatic heterocycles. The van der Waals surface area contributed by atoms with Gasteiger partial charge in [0.05, 0.1) is 0 Å². The van der Waals surface area contributed by atoms with E-state index in [2.05, 4.69) is 0 Å². The molecule has 0 saturated carbocycles. The molecule has 5 heteroatoms.